The normalized spacial score (nSPS) is 20.2. The maximum Gasteiger partial charge on any atom is 0.00695 e. The Morgan fingerprint density at radius 1 is 1.27 bits per heavy atom. The van der Waals surface area contributed by atoms with Gasteiger partial charge in [0, 0.05) is 5.92 Å². The van der Waals surface area contributed by atoms with E-state index in [9.17, 15) is 0 Å². The molecule has 0 aromatic rings. The van der Waals surface area contributed by atoms with Crippen LogP contribution in [0.1, 0.15) is 34.1 Å². The van der Waals surface area contributed by atoms with Gasteiger partial charge in [0.1, 0.15) is 0 Å². The molecule has 61 valence electrons. The summed E-state index contributed by atoms with van der Waals surface area (Å²) in [6.45, 7) is 9.00. The molecule has 0 saturated carbocycles. The fraction of sp³-hybridized carbons (Fsp3) is 0.545. The molecular formula is C11H17. The predicted octanol–water partition coefficient (Wildman–Crippen LogP) is 3.51. The molecule has 0 heterocycles. The van der Waals surface area contributed by atoms with Gasteiger partial charge in [0.15, 0.2) is 0 Å². The lowest BCUT2D eigenvalue weighted by molar-refractivity contribution is 0.439. The Bertz CT molecular complexity index is 189. The zero-order valence-corrected chi connectivity index (χ0v) is 7.94. The summed E-state index contributed by atoms with van der Waals surface area (Å²) in [5.41, 5.74) is 1.81. The summed E-state index contributed by atoms with van der Waals surface area (Å²) in [5.74, 6) is 1.54. The molecule has 0 N–H and O–H groups in total. The van der Waals surface area contributed by atoms with Crippen molar-refractivity contribution >= 4 is 0 Å². The zero-order valence-electron chi connectivity index (χ0n) is 7.94. The van der Waals surface area contributed by atoms with Crippen molar-refractivity contribution in [3.8, 4) is 0 Å². The standard InChI is InChI=1S/C11H17/c1-9-6-5-7-10(8-9)11(2,3)4/h5-7H,8H2,1-4H3. The molecule has 0 aliphatic heterocycles. The maximum absolute atomic E-state index is 2.27. The third-order valence-electron chi connectivity index (χ3n) is 2.11. The van der Waals surface area contributed by atoms with Crippen LogP contribution in [0, 0.1) is 11.3 Å². The van der Waals surface area contributed by atoms with Gasteiger partial charge in [-0.25, -0.2) is 0 Å². The van der Waals surface area contributed by atoms with Crippen molar-refractivity contribution < 1.29 is 0 Å². The first-order chi connectivity index (χ1) is 5.00. The molecule has 11 heavy (non-hydrogen) atoms. The van der Waals surface area contributed by atoms with Crippen molar-refractivity contribution in [2.75, 3.05) is 0 Å². The van der Waals surface area contributed by atoms with Crippen molar-refractivity contribution in [3.63, 3.8) is 0 Å². The molecule has 0 aromatic carbocycles. The quantitative estimate of drug-likeness (QED) is 0.494. The molecule has 0 saturated heterocycles. The lowest BCUT2D eigenvalue weighted by atomic mass is 9.75. The Balaban J connectivity index is 2.67. The van der Waals surface area contributed by atoms with Crippen LogP contribution in [0.25, 0.3) is 0 Å². The van der Waals surface area contributed by atoms with E-state index >= 15 is 0 Å². The molecule has 0 heteroatoms. The van der Waals surface area contributed by atoms with Crippen LogP contribution >= 0.6 is 0 Å². The number of hydrogen-bond donors (Lipinski definition) is 0. The average Bonchev–Trinajstić information content (AvgIpc) is 1.86. The summed E-state index contributed by atoms with van der Waals surface area (Å²) >= 11 is 0. The lowest BCUT2D eigenvalue weighted by Gasteiger charge is -2.29. The SMILES string of the molecule is CC1=CC=C[C](C(C)(C)C)C1. The van der Waals surface area contributed by atoms with E-state index in [1.165, 1.54) is 11.5 Å². The number of rotatable bonds is 0. The first-order valence-electron chi connectivity index (χ1n) is 4.20. The summed E-state index contributed by atoms with van der Waals surface area (Å²) in [6, 6.07) is 0. The van der Waals surface area contributed by atoms with Gasteiger partial charge in [-0.15, -0.1) is 0 Å². The molecule has 1 aliphatic rings. The molecule has 1 rings (SSSR count). The van der Waals surface area contributed by atoms with Gasteiger partial charge in [0.25, 0.3) is 0 Å². The van der Waals surface area contributed by atoms with Crippen molar-refractivity contribution in [1.82, 2.24) is 0 Å². The van der Waals surface area contributed by atoms with Crippen molar-refractivity contribution in [2.24, 2.45) is 5.41 Å². The first kappa shape index (κ1) is 8.58. The van der Waals surface area contributed by atoms with E-state index in [0.717, 1.165) is 6.42 Å². The highest BCUT2D eigenvalue weighted by Crippen LogP contribution is 2.35. The third kappa shape index (κ3) is 2.21. The molecule has 0 bridgehead atoms. The molecule has 0 atom stereocenters. The minimum atomic E-state index is 0.339. The molecular weight excluding hydrogens is 132 g/mol. The van der Waals surface area contributed by atoms with Crippen LogP contribution in [0.15, 0.2) is 23.8 Å². The van der Waals surface area contributed by atoms with Crippen molar-refractivity contribution in [1.29, 1.82) is 0 Å². The Morgan fingerprint density at radius 2 is 1.91 bits per heavy atom. The van der Waals surface area contributed by atoms with Gasteiger partial charge in [-0.2, -0.15) is 0 Å². The largest absolute Gasteiger partial charge is 0.0766 e. The van der Waals surface area contributed by atoms with Gasteiger partial charge in [-0.05, 0) is 18.8 Å². The van der Waals surface area contributed by atoms with Gasteiger partial charge in [0.05, 0.1) is 0 Å². The summed E-state index contributed by atoms with van der Waals surface area (Å²) in [5, 5.41) is 0. The fourth-order valence-corrected chi connectivity index (χ4v) is 1.26. The highest BCUT2D eigenvalue weighted by atomic mass is 14.3. The van der Waals surface area contributed by atoms with Crippen molar-refractivity contribution in [3.05, 3.63) is 29.7 Å². The topological polar surface area (TPSA) is 0 Å². The molecule has 0 unspecified atom stereocenters. The van der Waals surface area contributed by atoms with E-state index in [4.69, 9.17) is 0 Å². The Hall–Kier alpha value is -0.520. The molecule has 0 nitrogen and oxygen atoms in total. The average molecular weight is 149 g/mol. The highest BCUT2D eigenvalue weighted by Gasteiger charge is 2.23. The van der Waals surface area contributed by atoms with E-state index in [1.54, 1.807) is 0 Å². The summed E-state index contributed by atoms with van der Waals surface area (Å²) in [7, 11) is 0. The molecule has 0 amide bonds. The number of allylic oxidation sites excluding steroid dienone is 4. The monoisotopic (exact) mass is 149 g/mol. The van der Waals surface area contributed by atoms with Crippen LogP contribution in [-0.2, 0) is 0 Å². The van der Waals surface area contributed by atoms with E-state index in [-0.39, 0.29) is 0 Å². The first-order valence-corrected chi connectivity index (χ1v) is 4.20. The van der Waals surface area contributed by atoms with Gasteiger partial charge in [-0.1, -0.05) is 44.6 Å². The van der Waals surface area contributed by atoms with E-state index in [1.807, 2.05) is 0 Å². The Morgan fingerprint density at radius 3 is 2.27 bits per heavy atom. The summed E-state index contributed by atoms with van der Waals surface area (Å²) in [6.07, 6.45) is 7.74. The van der Waals surface area contributed by atoms with Crippen molar-refractivity contribution in [2.45, 2.75) is 34.1 Å². The van der Waals surface area contributed by atoms with Crippen LogP contribution in [-0.4, -0.2) is 0 Å². The van der Waals surface area contributed by atoms with Crippen LogP contribution in [0.2, 0.25) is 0 Å². The van der Waals surface area contributed by atoms with Gasteiger partial charge in [-0.3, -0.25) is 0 Å². The molecule has 1 radical (unpaired) electrons. The second kappa shape index (κ2) is 2.84. The molecule has 0 spiro atoms. The van der Waals surface area contributed by atoms with Crippen LogP contribution in [0.5, 0.6) is 0 Å². The Labute approximate surface area is 70.0 Å². The van der Waals surface area contributed by atoms with Gasteiger partial charge in [0.2, 0.25) is 0 Å². The molecule has 0 aromatic heterocycles. The second-order valence-electron chi connectivity index (χ2n) is 4.32. The molecule has 1 aliphatic carbocycles. The minimum Gasteiger partial charge on any atom is -0.0766 e. The second-order valence-corrected chi connectivity index (χ2v) is 4.32. The summed E-state index contributed by atoms with van der Waals surface area (Å²) < 4.78 is 0. The van der Waals surface area contributed by atoms with Crippen LogP contribution < -0.4 is 0 Å². The summed E-state index contributed by atoms with van der Waals surface area (Å²) in [4.78, 5) is 0. The highest BCUT2D eigenvalue weighted by molar-refractivity contribution is 5.31. The van der Waals surface area contributed by atoms with Gasteiger partial charge < -0.3 is 0 Å². The number of hydrogen-bond acceptors (Lipinski definition) is 0. The lowest BCUT2D eigenvalue weighted by Crippen LogP contribution is -2.17. The van der Waals surface area contributed by atoms with E-state index in [0.29, 0.717) is 5.41 Å². The smallest absolute Gasteiger partial charge is 0.00695 e. The maximum atomic E-state index is 2.27. The fourth-order valence-electron chi connectivity index (χ4n) is 1.26. The van der Waals surface area contributed by atoms with Gasteiger partial charge >= 0.3 is 0 Å². The zero-order chi connectivity index (χ0) is 8.48. The van der Waals surface area contributed by atoms with E-state index in [2.05, 4.69) is 45.9 Å². The predicted molar refractivity (Wildman–Crippen MR) is 50.2 cm³/mol. The minimum absolute atomic E-state index is 0.339. The third-order valence-corrected chi connectivity index (χ3v) is 2.11. The van der Waals surface area contributed by atoms with E-state index < -0.39 is 0 Å². The van der Waals surface area contributed by atoms with Crippen LogP contribution in [0.3, 0.4) is 0 Å². The molecule has 0 fully saturated rings. The Kier molecular flexibility index (Phi) is 2.22. The van der Waals surface area contributed by atoms with Crippen LogP contribution in [0.4, 0.5) is 0 Å².